The quantitative estimate of drug-likeness (QED) is 0.356. The van der Waals surface area contributed by atoms with E-state index in [2.05, 4.69) is 10.8 Å². The first-order valence-corrected chi connectivity index (χ1v) is 10.9. The SMILES string of the molecule is COC(=O)c1ccc(CN2C(=O)S/C(=C/c3ccccc3OCc3ccccc3C#N)C2=O)o1. The van der Waals surface area contributed by atoms with Crippen LogP contribution in [0.15, 0.2) is 70.0 Å². The molecule has 0 N–H and O–H groups in total. The molecule has 8 nitrogen and oxygen atoms in total. The van der Waals surface area contributed by atoms with Crippen LogP contribution in [-0.4, -0.2) is 29.1 Å². The lowest BCUT2D eigenvalue weighted by Gasteiger charge is -2.11. The van der Waals surface area contributed by atoms with Gasteiger partial charge in [-0.25, -0.2) is 4.79 Å². The van der Waals surface area contributed by atoms with Crippen LogP contribution in [-0.2, 0) is 22.7 Å². The van der Waals surface area contributed by atoms with Gasteiger partial charge in [0.1, 0.15) is 18.1 Å². The molecular formula is C25H18N2O6S. The molecule has 0 saturated carbocycles. The summed E-state index contributed by atoms with van der Waals surface area (Å²) in [7, 11) is 1.23. The van der Waals surface area contributed by atoms with Crippen LogP contribution >= 0.6 is 11.8 Å². The minimum absolute atomic E-state index is 0.0101. The van der Waals surface area contributed by atoms with Gasteiger partial charge in [0.25, 0.3) is 11.1 Å². The zero-order chi connectivity index (χ0) is 24.1. The number of hydrogen-bond acceptors (Lipinski definition) is 8. The number of hydrogen-bond donors (Lipinski definition) is 0. The average Bonchev–Trinajstić information content (AvgIpc) is 3.43. The number of rotatable bonds is 7. The summed E-state index contributed by atoms with van der Waals surface area (Å²) in [6.45, 7) is 0.0686. The van der Waals surface area contributed by atoms with Crippen molar-refractivity contribution in [3.8, 4) is 11.8 Å². The lowest BCUT2D eigenvalue weighted by atomic mass is 10.1. The number of imide groups is 1. The van der Waals surface area contributed by atoms with Crippen LogP contribution in [0.25, 0.3) is 6.08 Å². The van der Waals surface area contributed by atoms with Crippen LogP contribution in [0.3, 0.4) is 0 Å². The zero-order valence-corrected chi connectivity index (χ0v) is 18.8. The first-order valence-electron chi connectivity index (χ1n) is 10.1. The number of nitriles is 1. The van der Waals surface area contributed by atoms with E-state index in [0.717, 1.165) is 22.2 Å². The Morgan fingerprint density at radius 1 is 1.12 bits per heavy atom. The van der Waals surface area contributed by atoms with Crippen LogP contribution in [0.2, 0.25) is 0 Å². The molecule has 34 heavy (non-hydrogen) atoms. The Morgan fingerprint density at radius 2 is 1.88 bits per heavy atom. The lowest BCUT2D eigenvalue weighted by Crippen LogP contribution is -2.27. The van der Waals surface area contributed by atoms with Gasteiger partial charge in [-0.3, -0.25) is 14.5 Å². The van der Waals surface area contributed by atoms with Crippen molar-refractivity contribution in [1.82, 2.24) is 4.90 Å². The minimum Gasteiger partial charge on any atom is -0.488 e. The Hall–Kier alpha value is -4.29. The van der Waals surface area contributed by atoms with Gasteiger partial charge in [0.2, 0.25) is 5.76 Å². The zero-order valence-electron chi connectivity index (χ0n) is 18.0. The van der Waals surface area contributed by atoms with Crippen molar-refractivity contribution in [1.29, 1.82) is 5.26 Å². The smallest absolute Gasteiger partial charge is 0.373 e. The van der Waals surface area contributed by atoms with Gasteiger partial charge in [-0.15, -0.1) is 0 Å². The van der Waals surface area contributed by atoms with E-state index < -0.39 is 17.1 Å². The van der Waals surface area contributed by atoms with Crippen molar-refractivity contribution in [2.24, 2.45) is 0 Å². The van der Waals surface area contributed by atoms with Gasteiger partial charge in [-0.2, -0.15) is 5.26 Å². The molecule has 1 aliphatic heterocycles. The monoisotopic (exact) mass is 474 g/mol. The second-order valence-corrected chi connectivity index (χ2v) is 8.11. The van der Waals surface area contributed by atoms with E-state index in [9.17, 15) is 19.6 Å². The van der Waals surface area contributed by atoms with Gasteiger partial charge in [0, 0.05) is 11.1 Å². The van der Waals surface area contributed by atoms with Gasteiger partial charge in [0.15, 0.2) is 0 Å². The molecular weight excluding hydrogens is 456 g/mol. The average molecular weight is 474 g/mol. The highest BCUT2D eigenvalue weighted by Gasteiger charge is 2.36. The van der Waals surface area contributed by atoms with E-state index in [-0.39, 0.29) is 29.6 Å². The number of thioether (sulfide) groups is 1. The fourth-order valence-electron chi connectivity index (χ4n) is 3.25. The first-order chi connectivity index (χ1) is 16.5. The summed E-state index contributed by atoms with van der Waals surface area (Å²) in [6, 6.07) is 19.3. The molecule has 0 radical (unpaired) electrons. The van der Waals surface area contributed by atoms with E-state index in [1.54, 1.807) is 42.5 Å². The fraction of sp³-hybridized carbons (Fsp3) is 0.120. The summed E-state index contributed by atoms with van der Waals surface area (Å²) in [6.07, 6.45) is 1.60. The maximum Gasteiger partial charge on any atom is 0.373 e. The van der Waals surface area contributed by atoms with Crippen LogP contribution in [0, 0.1) is 11.3 Å². The number of esters is 1. The Bertz CT molecular complexity index is 1340. The molecule has 0 aliphatic carbocycles. The molecule has 2 amide bonds. The molecule has 0 unspecified atom stereocenters. The number of nitrogens with zero attached hydrogens (tertiary/aromatic N) is 2. The van der Waals surface area contributed by atoms with Gasteiger partial charge in [-0.05, 0) is 42.1 Å². The van der Waals surface area contributed by atoms with Crippen LogP contribution < -0.4 is 4.74 Å². The number of carbonyl (C=O) groups is 3. The van der Waals surface area contributed by atoms with Crippen molar-refractivity contribution in [3.63, 3.8) is 0 Å². The van der Waals surface area contributed by atoms with Crippen LogP contribution in [0.5, 0.6) is 5.75 Å². The number of furan rings is 1. The Morgan fingerprint density at radius 3 is 2.68 bits per heavy atom. The summed E-state index contributed by atoms with van der Waals surface area (Å²) in [5, 5.41) is 8.81. The molecule has 2 heterocycles. The molecule has 0 atom stereocenters. The maximum atomic E-state index is 12.9. The van der Waals surface area contributed by atoms with Gasteiger partial charge < -0.3 is 13.9 Å². The standard InChI is InChI=1S/C25H18N2O6S/c1-31-24(29)21-11-10-19(33-21)14-27-23(28)22(34-25(27)30)12-16-6-4-5-9-20(16)32-15-18-8-3-2-7-17(18)13-26/h2-12H,14-15H2,1H3/b22-12+. The van der Waals surface area contributed by atoms with Crippen molar-refractivity contribution in [2.45, 2.75) is 13.2 Å². The third kappa shape index (κ3) is 4.87. The van der Waals surface area contributed by atoms with Gasteiger partial charge >= 0.3 is 5.97 Å². The summed E-state index contributed by atoms with van der Waals surface area (Å²) >= 11 is 0.809. The third-order valence-corrected chi connectivity index (χ3v) is 5.87. The van der Waals surface area contributed by atoms with Crippen LogP contribution in [0.1, 0.15) is 33.0 Å². The molecule has 4 rings (SSSR count). The topological polar surface area (TPSA) is 110 Å². The first kappa shape index (κ1) is 22.9. The number of amides is 2. The number of benzene rings is 2. The highest BCUT2D eigenvalue weighted by molar-refractivity contribution is 8.18. The highest BCUT2D eigenvalue weighted by Crippen LogP contribution is 2.35. The lowest BCUT2D eigenvalue weighted by molar-refractivity contribution is -0.123. The van der Waals surface area contributed by atoms with E-state index in [0.29, 0.717) is 16.9 Å². The second kappa shape index (κ2) is 10.1. The van der Waals surface area contributed by atoms with E-state index in [1.165, 1.54) is 19.2 Å². The van der Waals surface area contributed by atoms with Crippen LogP contribution in [0.4, 0.5) is 4.79 Å². The summed E-state index contributed by atoms with van der Waals surface area (Å²) in [4.78, 5) is 38.2. The third-order valence-electron chi connectivity index (χ3n) is 4.96. The number of carbonyl (C=O) groups excluding carboxylic acids is 3. The van der Waals surface area contributed by atoms with E-state index in [1.807, 2.05) is 12.1 Å². The summed E-state index contributed by atoms with van der Waals surface area (Å²) < 4.78 is 15.9. The van der Waals surface area contributed by atoms with Crippen molar-refractivity contribution >= 4 is 35.0 Å². The second-order valence-electron chi connectivity index (χ2n) is 7.12. The molecule has 1 saturated heterocycles. The number of ether oxygens (including phenoxy) is 2. The Kier molecular flexibility index (Phi) is 6.80. The summed E-state index contributed by atoms with van der Waals surface area (Å²) in [5.74, 6) is -0.339. The van der Waals surface area contributed by atoms with Crippen molar-refractivity contribution < 1.29 is 28.3 Å². The molecule has 3 aromatic rings. The Balaban J connectivity index is 1.51. The highest BCUT2D eigenvalue weighted by atomic mass is 32.2. The number of methoxy groups -OCH3 is 1. The predicted octanol–water partition coefficient (Wildman–Crippen LogP) is 4.75. The summed E-state index contributed by atoms with van der Waals surface area (Å²) in [5.41, 5.74) is 1.88. The fourth-order valence-corrected chi connectivity index (χ4v) is 4.08. The van der Waals surface area contributed by atoms with Gasteiger partial charge in [0.05, 0.1) is 30.2 Å². The number of para-hydroxylation sites is 1. The minimum atomic E-state index is -0.644. The molecule has 1 aromatic heterocycles. The molecule has 0 bridgehead atoms. The largest absolute Gasteiger partial charge is 0.488 e. The molecule has 0 spiro atoms. The Labute approximate surface area is 199 Å². The molecule has 170 valence electrons. The predicted molar refractivity (Wildman–Crippen MR) is 123 cm³/mol. The van der Waals surface area contributed by atoms with Gasteiger partial charge in [-0.1, -0.05) is 36.4 Å². The normalized spacial score (nSPS) is 14.4. The van der Waals surface area contributed by atoms with E-state index >= 15 is 0 Å². The van der Waals surface area contributed by atoms with Crippen molar-refractivity contribution in [2.75, 3.05) is 7.11 Å². The molecule has 1 aliphatic rings. The molecule has 9 heteroatoms. The van der Waals surface area contributed by atoms with Crippen molar-refractivity contribution in [3.05, 3.63) is 93.8 Å². The molecule has 2 aromatic carbocycles. The van der Waals surface area contributed by atoms with E-state index in [4.69, 9.17) is 9.15 Å². The maximum absolute atomic E-state index is 12.9. The molecule has 1 fully saturated rings.